The van der Waals surface area contributed by atoms with Gasteiger partial charge in [0.1, 0.15) is 0 Å². The maximum absolute atomic E-state index is 12.5. The minimum Gasteiger partial charge on any atom is -0.397 e. The normalized spacial score (nSPS) is 11.9. The lowest BCUT2D eigenvalue weighted by atomic mass is 10.2. The Morgan fingerprint density at radius 1 is 1.00 bits per heavy atom. The van der Waals surface area contributed by atoms with Crippen molar-refractivity contribution >= 4 is 21.4 Å². The first-order chi connectivity index (χ1) is 10.4. The molecule has 2 N–H and O–H groups in total. The van der Waals surface area contributed by atoms with E-state index in [1.54, 1.807) is 12.1 Å². The topological polar surface area (TPSA) is 66.6 Å². The predicted octanol–water partition coefficient (Wildman–Crippen LogP) is 2.93. The van der Waals surface area contributed by atoms with Crippen LogP contribution in [0.1, 0.15) is 40.5 Å². The first-order valence-electron chi connectivity index (χ1n) is 8.06. The van der Waals surface area contributed by atoms with Crippen molar-refractivity contribution in [2.75, 3.05) is 36.8 Å². The summed E-state index contributed by atoms with van der Waals surface area (Å²) < 4.78 is 26.5. The molecule has 0 aliphatic rings. The van der Waals surface area contributed by atoms with E-state index in [0.29, 0.717) is 18.8 Å². The summed E-state index contributed by atoms with van der Waals surface area (Å²) in [7, 11) is -3.46. The van der Waals surface area contributed by atoms with Gasteiger partial charge in [0.25, 0.3) is 0 Å². The Morgan fingerprint density at radius 3 is 1.95 bits per heavy atom. The second kappa shape index (κ2) is 8.39. The number of hydrogen-bond acceptors (Lipinski definition) is 4. The fourth-order valence-electron chi connectivity index (χ4n) is 2.59. The largest absolute Gasteiger partial charge is 0.397 e. The molecule has 0 bridgehead atoms. The lowest BCUT2D eigenvalue weighted by Gasteiger charge is -2.26. The van der Waals surface area contributed by atoms with E-state index in [4.69, 9.17) is 5.73 Å². The molecule has 0 saturated heterocycles. The molecule has 0 unspecified atom stereocenters. The SMILES string of the molecule is CCCN(CCC)c1ccc(S(=O)(=O)N(CC)CC)cc1N. The van der Waals surface area contributed by atoms with Crippen molar-refractivity contribution in [3.05, 3.63) is 18.2 Å². The molecule has 126 valence electrons. The molecule has 0 saturated carbocycles. The lowest BCUT2D eigenvalue weighted by Crippen LogP contribution is -2.31. The van der Waals surface area contributed by atoms with E-state index in [0.717, 1.165) is 31.6 Å². The van der Waals surface area contributed by atoms with E-state index < -0.39 is 10.0 Å². The van der Waals surface area contributed by atoms with E-state index in [1.165, 1.54) is 4.31 Å². The van der Waals surface area contributed by atoms with Crippen LogP contribution in [0.15, 0.2) is 23.1 Å². The van der Waals surface area contributed by atoms with Gasteiger partial charge in [-0.25, -0.2) is 8.42 Å². The molecule has 5 nitrogen and oxygen atoms in total. The minimum atomic E-state index is -3.46. The van der Waals surface area contributed by atoms with E-state index in [-0.39, 0.29) is 4.90 Å². The molecule has 0 amide bonds. The number of sulfonamides is 1. The maximum Gasteiger partial charge on any atom is 0.243 e. The number of hydrogen-bond donors (Lipinski definition) is 1. The summed E-state index contributed by atoms with van der Waals surface area (Å²) in [6.45, 7) is 10.7. The fourth-order valence-corrected chi connectivity index (χ4v) is 4.08. The molecule has 0 fully saturated rings. The van der Waals surface area contributed by atoms with Gasteiger partial charge >= 0.3 is 0 Å². The third kappa shape index (κ3) is 4.14. The maximum atomic E-state index is 12.5. The molecule has 1 aromatic rings. The predicted molar refractivity (Wildman–Crippen MR) is 93.8 cm³/mol. The van der Waals surface area contributed by atoms with Gasteiger partial charge in [0.05, 0.1) is 16.3 Å². The van der Waals surface area contributed by atoms with Crippen LogP contribution >= 0.6 is 0 Å². The van der Waals surface area contributed by atoms with Gasteiger partial charge in [0.15, 0.2) is 0 Å². The monoisotopic (exact) mass is 327 g/mol. The molecule has 6 heteroatoms. The van der Waals surface area contributed by atoms with Gasteiger partial charge in [0.2, 0.25) is 10.0 Å². The Balaban J connectivity index is 3.17. The second-order valence-electron chi connectivity index (χ2n) is 5.30. The minimum absolute atomic E-state index is 0.269. The van der Waals surface area contributed by atoms with E-state index in [1.807, 2.05) is 19.9 Å². The quantitative estimate of drug-likeness (QED) is 0.708. The van der Waals surface area contributed by atoms with Gasteiger partial charge in [-0.05, 0) is 31.0 Å². The Morgan fingerprint density at radius 2 is 1.55 bits per heavy atom. The molecule has 22 heavy (non-hydrogen) atoms. The lowest BCUT2D eigenvalue weighted by molar-refractivity contribution is 0.445. The number of rotatable bonds is 9. The van der Waals surface area contributed by atoms with Crippen LogP contribution in [0.4, 0.5) is 11.4 Å². The highest BCUT2D eigenvalue weighted by atomic mass is 32.2. The Bertz CT molecular complexity index is 563. The molecule has 0 heterocycles. The summed E-state index contributed by atoms with van der Waals surface area (Å²) in [6.07, 6.45) is 2.05. The van der Waals surface area contributed by atoms with Crippen molar-refractivity contribution in [3.63, 3.8) is 0 Å². The van der Waals surface area contributed by atoms with Crippen LogP contribution in [0, 0.1) is 0 Å². The number of nitrogens with zero attached hydrogens (tertiary/aromatic N) is 2. The molecule has 0 aliphatic heterocycles. The van der Waals surface area contributed by atoms with Crippen molar-refractivity contribution in [2.45, 2.75) is 45.4 Å². The zero-order valence-electron chi connectivity index (χ0n) is 14.2. The summed E-state index contributed by atoms with van der Waals surface area (Å²) in [4.78, 5) is 2.48. The van der Waals surface area contributed by atoms with Crippen molar-refractivity contribution in [1.82, 2.24) is 4.31 Å². The molecule has 1 rings (SSSR count). The third-order valence-electron chi connectivity index (χ3n) is 3.67. The van der Waals surface area contributed by atoms with Crippen molar-refractivity contribution < 1.29 is 8.42 Å². The first-order valence-corrected chi connectivity index (χ1v) is 9.50. The molecular weight excluding hydrogens is 298 g/mol. The van der Waals surface area contributed by atoms with Crippen LogP contribution in [0.25, 0.3) is 0 Å². The average molecular weight is 327 g/mol. The van der Waals surface area contributed by atoms with Gasteiger partial charge in [-0.1, -0.05) is 27.7 Å². The molecular formula is C16H29N3O2S. The van der Waals surface area contributed by atoms with Crippen LogP contribution in [-0.2, 0) is 10.0 Å². The van der Waals surface area contributed by atoms with Gasteiger partial charge in [-0.3, -0.25) is 0 Å². The second-order valence-corrected chi connectivity index (χ2v) is 7.23. The highest BCUT2D eigenvalue weighted by Crippen LogP contribution is 2.28. The molecule has 0 radical (unpaired) electrons. The fraction of sp³-hybridized carbons (Fsp3) is 0.625. The van der Waals surface area contributed by atoms with Crippen LogP contribution in [-0.4, -0.2) is 38.9 Å². The number of nitrogen functional groups attached to an aromatic ring is 1. The van der Waals surface area contributed by atoms with E-state index in [2.05, 4.69) is 18.7 Å². The first kappa shape index (κ1) is 18.8. The van der Waals surface area contributed by atoms with Crippen molar-refractivity contribution in [3.8, 4) is 0 Å². The van der Waals surface area contributed by atoms with Crippen LogP contribution in [0.3, 0.4) is 0 Å². The third-order valence-corrected chi connectivity index (χ3v) is 5.72. The number of benzene rings is 1. The summed E-state index contributed by atoms with van der Waals surface area (Å²) >= 11 is 0. The Hall–Kier alpha value is -1.27. The molecule has 1 aromatic carbocycles. The van der Waals surface area contributed by atoms with Gasteiger partial charge in [0, 0.05) is 26.2 Å². The Kier molecular flexibility index (Phi) is 7.16. The van der Waals surface area contributed by atoms with Crippen molar-refractivity contribution in [2.24, 2.45) is 0 Å². The molecule has 0 aromatic heterocycles. The highest BCUT2D eigenvalue weighted by Gasteiger charge is 2.22. The smallest absolute Gasteiger partial charge is 0.243 e. The average Bonchev–Trinajstić information content (AvgIpc) is 2.48. The number of nitrogens with two attached hydrogens (primary N) is 1. The van der Waals surface area contributed by atoms with Gasteiger partial charge < -0.3 is 10.6 Å². The highest BCUT2D eigenvalue weighted by molar-refractivity contribution is 7.89. The Labute approximate surface area is 135 Å². The molecule has 0 aliphatic carbocycles. The summed E-state index contributed by atoms with van der Waals surface area (Å²) in [5, 5.41) is 0. The standard InChI is InChI=1S/C16H29N3O2S/c1-5-11-18(12-6-2)16-10-9-14(13-15(16)17)22(20,21)19(7-3)8-4/h9-10,13H,5-8,11-12,17H2,1-4H3. The van der Waals surface area contributed by atoms with Crippen LogP contribution in [0.2, 0.25) is 0 Å². The summed E-state index contributed by atoms with van der Waals surface area (Å²) in [5.74, 6) is 0. The molecule has 0 spiro atoms. The summed E-state index contributed by atoms with van der Waals surface area (Å²) in [5.41, 5.74) is 7.58. The van der Waals surface area contributed by atoms with Crippen LogP contribution < -0.4 is 10.6 Å². The van der Waals surface area contributed by atoms with Gasteiger partial charge in [-0.2, -0.15) is 4.31 Å². The van der Waals surface area contributed by atoms with E-state index in [9.17, 15) is 8.42 Å². The number of anilines is 2. The van der Waals surface area contributed by atoms with Crippen LogP contribution in [0.5, 0.6) is 0 Å². The van der Waals surface area contributed by atoms with Crippen molar-refractivity contribution in [1.29, 1.82) is 0 Å². The van der Waals surface area contributed by atoms with E-state index >= 15 is 0 Å². The zero-order valence-corrected chi connectivity index (χ0v) is 15.0. The zero-order chi connectivity index (χ0) is 16.8. The van der Waals surface area contributed by atoms with Gasteiger partial charge in [-0.15, -0.1) is 0 Å². The summed E-state index contributed by atoms with van der Waals surface area (Å²) in [6, 6.07) is 5.08. The molecule has 0 atom stereocenters.